The van der Waals surface area contributed by atoms with Crippen molar-refractivity contribution in [3.05, 3.63) is 48.0 Å². The second kappa shape index (κ2) is 15.1. The number of carbonyl (C=O) groups excluding carboxylic acids is 2. The smallest absolute Gasteiger partial charge is 0.158 e. The number of Topliss-reactive ketones (excluding diaryl/α,β-unsaturated/α-hetero) is 1. The Morgan fingerprint density at radius 1 is 1.06 bits per heavy atom. The fourth-order valence-electron chi connectivity index (χ4n) is 4.77. The molecule has 3 unspecified atom stereocenters. The van der Waals surface area contributed by atoms with Crippen molar-refractivity contribution >= 4 is 11.6 Å². The Balaban J connectivity index is 1.86. The van der Waals surface area contributed by atoms with Crippen LogP contribution in [0.5, 0.6) is 0 Å². The highest BCUT2D eigenvalue weighted by Crippen LogP contribution is 2.34. The van der Waals surface area contributed by atoms with Crippen LogP contribution in [0, 0.1) is 17.8 Å². The molecule has 0 spiro atoms. The Morgan fingerprint density at radius 3 is 2.55 bits per heavy atom. The molecule has 0 aromatic heterocycles. The number of allylic oxidation sites excluding steroid dienone is 2. The van der Waals surface area contributed by atoms with E-state index in [4.69, 9.17) is 5.11 Å². The number of carbonyl (C=O) groups is 2. The van der Waals surface area contributed by atoms with Gasteiger partial charge < -0.3 is 5.11 Å². The molecule has 0 radical (unpaired) electrons. The number of benzene rings is 1. The fraction of sp³-hybridized carbons (Fsp3) is 0.643. The number of hydrogen-bond acceptors (Lipinski definition) is 3. The van der Waals surface area contributed by atoms with Crippen molar-refractivity contribution in [1.82, 2.24) is 0 Å². The lowest BCUT2D eigenvalue weighted by Crippen LogP contribution is -2.16. The summed E-state index contributed by atoms with van der Waals surface area (Å²) in [5.41, 5.74) is 1.29. The van der Waals surface area contributed by atoms with Gasteiger partial charge >= 0.3 is 0 Å². The maximum Gasteiger partial charge on any atom is 0.158 e. The first kappa shape index (κ1) is 25.5. The minimum atomic E-state index is 0.0819. The van der Waals surface area contributed by atoms with E-state index in [1.54, 1.807) is 0 Å². The van der Waals surface area contributed by atoms with E-state index in [-0.39, 0.29) is 30.1 Å². The van der Waals surface area contributed by atoms with E-state index in [2.05, 4.69) is 37.3 Å². The average molecular weight is 427 g/mol. The Hall–Kier alpha value is -1.74. The summed E-state index contributed by atoms with van der Waals surface area (Å²) in [5, 5.41) is 8.87. The Labute approximate surface area is 189 Å². The predicted octanol–water partition coefficient (Wildman–Crippen LogP) is 6.48. The first-order valence-corrected chi connectivity index (χ1v) is 12.5. The monoisotopic (exact) mass is 426 g/mol. The number of unbranched alkanes of at least 4 members (excludes halogenated alkanes) is 5. The average Bonchev–Trinajstić information content (AvgIpc) is 3.14. The third kappa shape index (κ3) is 9.51. The number of aliphatic hydroxyl groups is 1. The molecule has 1 fully saturated rings. The first-order chi connectivity index (χ1) is 15.2. The van der Waals surface area contributed by atoms with E-state index >= 15 is 0 Å². The van der Waals surface area contributed by atoms with Crippen molar-refractivity contribution in [3.63, 3.8) is 0 Å². The number of rotatable bonds is 16. The van der Waals surface area contributed by atoms with Gasteiger partial charge in [0.1, 0.15) is 5.78 Å². The Kier molecular flexibility index (Phi) is 12.5. The maximum atomic E-state index is 13.0. The molecule has 31 heavy (non-hydrogen) atoms. The lowest BCUT2D eigenvalue weighted by molar-refractivity contribution is -0.121. The lowest BCUT2D eigenvalue weighted by Gasteiger charge is -2.16. The molecule has 172 valence electrons. The summed E-state index contributed by atoms with van der Waals surface area (Å²) in [6.07, 6.45) is 16.6. The molecule has 3 heteroatoms. The Bertz CT molecular complexity index is 664. The van der Waals surface area contributed by atoms with Gasteiger partial charge in [0, 0.05) is 24.9 Å². The standard InChI is InChI=1S/C28H42O3/c1-2-3-14-25(17-16-23-12-8-7-9-13-23)27(30)20-18-24-19-21-28(31)26(24)15-10-5-4-6-11-22-29/h7-9,12-13,18,20,24-26,29H,2-6,10-11,14-17,19,21-22H2,1H3/b20-18-. The summed E-state index contributed by atoms with van der Waals surface area (Å²) in [7, 11) is 0. The van der Waals surface area contributed by atoms with E-state index in [0.29, 0.717) is 12.2 Å². The molecule has 2 rings (SSSR count). The van der Waals surface area contributed by atoms with E-state index in [1.807, 2.05) is 12.1 Å². The maximum absolute atomic E-state index is 13.0. The quantitative estimate of drug-likeness (QED) is 0.243. The van der Waals surface area contributed by atoms with Gasteiger partial charge in [0.2, 0.25) is 0 Å². The summed E-state index contributed by atoms with van der Waals surface area (Å²) in [6.45, 7) is 2.44. The third-order valence-corrected chi connectivity index (χ3v) is 6.77. The zero-order valence-electron chi connectivity index (χ0n) is 19.4. The fourth-order valence-corrected chi connectivity index (χ4v) is 4.77. The van der Waals surface area contributed by atoms with Gasteiger partial charge in [0.05, 0.1) is 0 Å². The largest absolute Gasteiger partial charge is 0.396 e. The summed E-state index contributed by atoms with van der Waals surface area (Å²) in [5.74, 6) is 1.03. The van der Waals surface area contributed by atoms with E-state index in [1.165, 1.54) is 5.56 Å². The zero-order valence-corrected chi connectivity index (χ0v) is 19.4. The number of hydrogen-bond donors (Lipinski definition) is 1. The molecule has 0 saturated heterocycles. The van der Waals surface area contributed by atoms with E-state index < -0.39 is 0 Å². The second-order valence-electron chi connectivity index (χ2n) is 9.18. The predicted molar refractivity (Wildman–Crippen MR) is 128 cm³/mol. The van der Waals surface area contributed by atoms with Crippen molar-refractivity contribution in [3.8, 4) is 0 Å². The van der Waals surface area contributed by atoms with Crippen LogP contribution in [0.15, 0.2) is 42.5 Å². The molecule has 0 amide bonds. The first-order valence-electron chi connectivity index (χ1n) is 12.5. The molecule has 1 N–H and O–H groups in total. The normalized spacial score (nSPS) is 19.9. The minimum Gasteiger partial charge on any atom is -0.396 e. The van der Waals surface area contributed by atoms with Gasteiger partial charge in [-0.25, -0.2) is 0 Å². The molecule has 1 aliphatic rings. The summed E-state index contributed by atoms with van der Waals surface area (Å²) in [4.78, 5) is 25.4. The van der Waals surface area contributed by atoms with Crippen molar-refractivity contribution in [2.24, 2.45) is 17.8 Å². The van der Waals surface area contributed by atoms with Crippen LogP contribution in [-0.4, -0.2) is 23.3 Å². The minimum absolute atomic E-state index is 0.0819. The third-order valence-electron chi connectivity index (χ3n) is 6.77. The zero-order chi connectivity index (χ0) is 22.3. The summed E-state index contributed by atoms with van der Waals surface area (Å²) < 4.78 is 0. The van der Waals surface area contributed by atoms with Crippen LogP contribution in [-0.2, 0) is 16.0 Å². The van der Waals surface area contributed by atoms with Gasteiger partial charge in [-0.1, -0.05) is 81.9 Å². The molecule has 1 aromatic carbocycles. The summed E-state index contributed by atoms with van der Waals surface area (Å²) in [6, 6.07) is 10.4. The molecule has 1 aromatic rings. The van der Waals surface area contributed by atoms with Gasteiger partial charge in [-0.3, -0.25) is 9.59 Å². The van der Waals surface area contributed by atoms with Crippen molar-refractivity contribution in [1.29, 1.82) is 0 Å². The van der Waals surface area contributed by atoms with Crippen LogP contribution in [0.4, 0.5) is 0 Å². The molecule has 0 bridgehead atoms. The number of aliphatic hydroxyl groups excluding tert-OH is 1. The highest BCUT2D eigenvalue weighted by atomic mass is 16.2. The van der Waals surface area contributed by atoms with Crippen LogP contribution >= 0.6 is 0 Å². The highest BCUT2D eigenvalue weighted by Gasteiger charge is 2.32. The van der Waals surface area contributed by atoms with Gasteiger partial charge in [-0.2, -0.15) is 0 Å². The van der Waals surface area contributed by atoms with Crippen molar-refractivity contribution in [2.75, 3.05) is 6.61 Å². The van der Waals surface area contributed by atoms with E-state index in [0.717, 1.165) is 77.0 Å². The number of aryl methyl sites for hydroxylation is 1. The lowest BCUT2D eigenvalue weighted by atomic mass is 9.87. The van der Waals surface area contributed by atoms with Crippen LogP contribution < -0.4 is 0 Å². The van der Waals surface area contributed by atoms with Crippen molar-refractivity contribution in [2.45, 2.75) is 90.4 Å². The van der Waals surface area contributed by atoms with Crippen molar-refractivity contribution < 1.29 is 14.7 Å². The molecule has 1 saturated carbocycles. The molecular formula is C28H42O3. The van der Waals surface area contributed by atoms with Crippen LogP contribution in [0.1, 0.15) is 89.5 Å². The van der Waals surface area contributed by atoms with Crippen LogP contribution in [0.25, 0.3) is 0 Å². The SMILES string of the molecule is CCCCC(CCc1ccccc1)C(=O)/C=C\C1CCC(=O)C1CCCCCCCO. The van der Waals surface area contributed by atoms with Gasteiger partial charge in [0.25, 0.3) is 0 Å². The molecule has 1 aliphatic carbocycles. The topological polar surface area (TPSA) is 54.4 Å². The van der Waals surface area contributed by atoms with E-state index in [9.17, 15) is 9.59 Å². The Morgan fingerprint density at radius 2 is 1.81 bits per heavy atom. The van der Waals surface area contributed by atoms with Gasteiger partial charge in [-0.05, 0) is 56.1 Å². The van der Waals surface area contributed by atoms with Crippen LogP contribution in [0.2, 0.25) is 0 Å². The second-order valence-corrected chi connectivity index (χ2v) is 9.18. The van der Waals surface area contributed by atoms with Gasteiger partial charge in [-0.15, -0.1) is 0 Å². The molecule has 0 aliphatic heterocycles. The van der Waals surface area contributed by atoms with Gasteiger partial charge in [0.15, 0.2) is 5.78 Å². The highest BCUT2D eigenvalue weighted by molar-refractivity contribution is 5.92. The van der Waals surface area contributed by atoms with Crippen LogP contribution in [0.3, 0.4) is 0 Å². The molecule has 3 atom stereocenters. The molecule has 3 nitrogen and oxygen atoms in total. The summed E-state index contributed by atoms with van der Waals surface area (Å²) >= 11 is 0. The molecular weight excluding hydrogens is 384 g/mol. The molecule has 0 heterocycles. The number of ketones is 2.